The first kappa shape index (κ1) is 13.6. The van der Waals surface area contributed by atoms with Crippen LogP contribution in [0, 0.1) is 5.92 Å². The molecule has 1 heteroatoms. The van der Waals surface area contributed by atoms with Crippen molar-refractivity contribution in [3.05, 3.63) is 70.3 Å². The first-order valence-electron chi connectivity index (χ1n) is 8.14. The van der Waals surface area contributed by atoms with Gasteiger partial charge in [-0.15, -0.1) is 0 Å². The summed E-state index contributed by atoms with van der Waals surface area (Å²) < 4.78 is 0. The van der Waals surface area contributed by atoms with E-state index < -0.39 is 0 Å². The molecule has 108 valence electrons. The molecule has 0 amide bonds. The molecule has 0 aromatic heterocycles. The van der Waals surface area contributed by atoms with Crippen LogP contribution < -0.4 is 0 Å². The lowest BCUT2D eigenvalue weighted by atomic mass is 9.88. The summed E-state index contributed by atoms with van der Waals surface area (Å²) in [7, 11) is 0. The zero-order chi connectivity index (χ0) is 14.2. The number of hydrogen-bond acceptors (Lipinski definition) is 0. The number of fused-ring (bicyclic) bond motifs is 2. The monoisotopic (exact) mass is 340 g/mol. The first-order valence-corrected chi connectivity index (χ1v) is 9.05. The van der Waals surface area contributed by atoms with Crippen molar-refractivity contribution in [1.29, 1.82) is 0 Å². The SMILES string of the molecule is BrC(c1ccc2c(c1)CCCC2)C1Cc2ccccc2C1. The lowest BCUT2D eigenvalue weighted by Crippen LogP contribution is -2.10. The Kier molecular flexibility index (Phi) is 3.62. The second-order valence-corrected chi connectivity index (χ2v) is 7.56. The Morgan fingerprint density at radius 1 is 0.810 bits per heavy atom. The molecule has 4 rings (SSSR count). The molecule has 0 saturated heterocycles. The van der Waals surface area contributed by atoms with Gasteiger partial charge in [0.25, 0.3) is 0 Å². The fourth-order valence-corrected chi connectivity index (χ4v) is 4.66. The van der Waals surface area contributed by atoms with Crippen LogP contribution in [0.25, 0.3) is 0 Å². The smallest absolute Gasteiger partial charge is 0.0429 e. The van der Waals surface area contributed by atoms with E-state index in [9.17, 15) is 0 Å². The van der Waals surface area contributed by atoms with Crippen LogP contribution in [0.2, 0.25) is 0 Å². The Balaban J connectivity index is 1.57. The average molecular weight is 341 g/mol. The van der Waals surface area contributed by atoms with Gasteiger partial charge in [-0.1, -0.05) is 58.4 Å². The van der Waals surface area contributed by atoms with Crippen molar-refractivity contribution in [2.24, 2.45) is 5.92 Å². The highest BCUT2D eigenvalue weighted by molar-refractivity contribution is 9.09. The van der Waals surface area contributed by atoms with Gasteiger partial charge in [0.1, 0.15) is 0 Å². The van der Waals surface area contributed by atoms with Crippen molar-refractivity contribution >= 4 is 15.9 Å². The van der Waals surface area contributed by atoms with Gasteiger partial charge in [0.15, 0.2) is 0 Å². The Morgan fingerprint density at radius 2 is 1.48 bits per heavy atom. The standard InChI is InChI=1S/C20H21Br/c21-20(19-12-16-7-3-4-8-17(16)13-19)18-10-9-14-5-1-2-6-15(14)11-18/h3-4,7-11,19-20H,1-2,5-6,12-13H2. The first-order chi connectivity index (χ1) is 10.3. The number of benzene rings is 2. The highest BCUT2D eigenvalue weighted by Crippen LogP contribution is 2.41. The van der Waals surface area contributed by atoms with E-state index in [-0.39, 0.29) is 0 Å². The highest BCUT2D eigenvalue weighted by atomic mass is 79.9. The molecule has 2 aromatic carbocycles. The van der Waals surface area contributed by atoms with Gasteiger partial charge in [-0.3, -0.25) is 0 Å². The van der Waals surface area contributed by atoms with E-state index in [0.29, 0.717) is 10.7 Å². The van der Waals surface area contributed by atoms with Gasteiger partial charge in [-0.25, -0.2) is 0 Å². The van der Waals surface area contributed by atoms with Crippen molar-refractivity contribution < 1.29 is 0 Å². The summed E-state index contributed by atoms with van der Waals surface area (Å²) in [4.78, 5) is 0.483. The Morgan fingerprint density at radius 3 is 2.19 bits per heavy atom. The van der Waals surface area contributed by atoms with E-state index in [4.69, 9.17) is 0 Å². The molecule has 0 N–H and O–H groups in total. The third kappa shape index (κ3) is 2.57. The topological polar surface area (TPSA) is 0 Å². The molecular formula is C20H21Br. The number of hydrogen-bond donors (Lipinski definition) is 0. The summed E-state index contributed by atoms with van der Waals surface area (Å²) in [6, 6.07) is 16.1. The average Bonchev–Trinajstić information content (AvgIpc) is 2.97. The van der Waals surface area contributed by atoms with Crippen LogP contribution in [-0.4, -0.2) is 0 Å². The summed E-state index contributed by atoms with van der Waals surface area (Å²) in [6.45, 7) is 0. The zero-order valence-corrected chi connectivity index (χ0v) is 13.9. The molecule has 0 saturated carbocycles. The third-order valence-corrected chi connectivity index (χ3v) is 6.46. The molecule has 0 spiro atoms. The van der Waals surface area contributed by atoms with Gasteiger partial charge in [0, 0.05) is 4.83 Å². The van der Waals surface area contributed by atoms with Gasteiger partial charge in [0.05, 0.1) is 0 Å². The molecule has 0 fully saturated rings. The summed E-state index contributed by atoms with van der Waals surface area (Å²) in [6.07, 6.45) is 7.69. The Hall–Kier alpha value is -1.08. The van der Waals surface area contributed by atoms with Crippen LogP contribution in [0.1, 0.15) is 45.5 Å². The molecule has 0 aliphatic heterocycles. The summed E-state index contributed by atoms with van der Waals surface area (Å²) >= 11 is 4.00. The van der Waals surface area contributed by atoms with Crippen LogP contribution in [0.4, 0.5) is 0 Å². The summed E-state index contributed by atoms with van der Waals surface area (Å²) in [5, 5.41) is 0. The third-order valence-electron chi connectivity index (χ3n) is 5.19. The van der Waals surface area contributed by atoms with Gasteiger partial charge in [-0.2, -0.15) is 0 Å². The number of rotatable bonds is 2. The molecule has 0 radical (unpaired) electrons. The molecule has 1 atom stereocenters. The molecule has 0 bridgehead atoms. The normalized spacial score (nSPS) is 19.1. The van der Waals surface area contributed by atoms with E-state index in [0.717, 1.165) is 0 Å². The number of halogens is 1. The predicted octanol–water partition coefficient (Wildman–Crippen LogP) is 5.42. The van der Waals surface area contributed by atoms with Crippen LogP contribution >= 0.6 is 15.9 Å². The Bertz CT molecular complexity index is 634. The fourth-order valence-electron chi connectivity index (χ4n) is 4.00. The summed E-state index contributed by atoms with van der Waals surface area (Å²) in [5.41, 5.74) is 7.75. The molecule has 0 heterocycles. The quantitative estimate of drug-likeness (QED) is 0.640. The van der Waals surface area contributed by atoms with E-state index in [1.54, 1.807) is 22.3 Å². The predicted molar refractivity (Wildman–Crippen MR) is 92.1 cm³/mol. The molecular weight excluding hydrogens is 320 g/mol. The van der Waals surface area contributed by atoms with Gasteiger partial charge >= 0.3 is 0 Å². The maximum Gasteiger partial charge on any atom is 0.0429 e. The minimum atomic E-state index is 0.483. The molecule has 1 unspecified atom stereocenters. The fraction of sp³-hybridized carbons (Fsp3) is 0.400. The van der Waals surface area contributed by atoms with Crippen LogP contribution in [0.3, 0.4) is 0 Å². The van der Waals surface area contributed by atoms with Crippen LogP contribution in [0.15, 0.2) is 42.5 Å². The van der Waals surface area contributed by atoms with E-state index >= 15 is 0 Å². The minimum absolute atomic E-state index is 0.483. The maximum absolute atomic E-state index is 4.00. The second-order valence-electron chi connectivity index (χ2n) is 6.57. The molecule has 2 aliphatic carbocycles. The Labute approximate surface area is 135 Å². The number of alkyl halides is 1. The van der Waals surface area contributed by atoms with Crippen LogP contribution in [-0.2, 0) is 25.7 Å². The van der Waals surface area contributed by atoms with E-state index in [1.807, 2.05) is 0 Å². The van der Waals surface area contributed by atoms with Gasteiger partial charge in [-0.05, 0) is 72.3 Å². The molecule has 21 heavy (non-hydrogen) atoms. The maximum atomic E-state index is 4.00. The summed E-state index contributed by atoms with van der Waals surface area (Å²) in [5.74, 6) is 0.698. The number of aryl methyl sites for hydroxylation is 2. The largest absolute Gasteiger partial charge is 0.0835 e. The van der Waals surface area contributed by atoms with Crippen molar-refractivity contribution in [2.75, 3.05) is 0 Å². The van der Waals surface area contributed by atoms with E-state index in [2.05, 4.69) is 58.4 Å². The van der Waals surface area contributed by atoms with Crippen molar-refractivity contribution in [3.8, 4) is 0 Å². The van der Waals surface area contributed by atoms with Crippen molar-refractivity contribution in [1.82, 2.24) is 0 Å². The second kappa shape index (κ2) is 5.61. The molecule has 2 aliphatic rings. The minimum Gasteiger partial charge on any atom is -0.0835 e. The van der Waals surface area contributed by atoms with Crippen molar-refractivity contribution in [2.45, 2.75) is 43.4 Å². The van der Waals surface area contributed by atoms with Crippen molar-refractivity contribution in [3.63, 3.8) is 0 Å². The highest BCUT2D eigenvalue weighted by Gasteiger charge is 2.28. The molecule has 2 aromatic rings. The lowest BCUT2D eigenvalue weighted by molar-refractivity contribution is 0.553. The van der Waals surface area contributed by atoms with Crippen LogP contribution in [0.5, 0.6) is 0 Å². The molecule has 0 nitrogen and oxygen atoms in total. The lowest BCUT2D eigenvalue weighted by Gasteiger charge is -2.21. The zero-order valence-electron chi connectivity index (χ0n) is 12.3. The van der Waals surface area contributed by atoms with Gasteiger partial charge in [0.2, 0.25) is 0 Å². The van der Waals surface area contributed by atoms with Gasteiger partial charge < -0.3 is 0 Å². The van der Waals surface area contributed by atoms with E-state index in [1.165, 1.54) is 44.1 Å².